The van der Waals surface area contributed by atoms with Crippen molar-refractivity contribution in [3.63, 3.8) is 0 Å². The van der Waals surface area contributed by atoms with Gasteiger partial charge in [0.25, 0.3) is 0 Å². The van der Waals surface area contributed by atoms with Crippen molar-refractivity contribution < 1.29 is 13.2 Å². The third kappa shape index (κ3) is 5.19. The highest BCUT2D eigenvalue weighted by Crippen LogP contribution is 2.13. The molecule has 5 heteroatoms. The van der Waals surface area contributed by atoms with Crippen LogP contribution in [0, 0.1) is 0 Å². The third-order valence-electron chi connectivity index (χ3n) is 2.38. The molecule has 0 aliphatic rings. The van der Waals surface area contributed by atoms with Crippen molar-refractivity contribution in [1.29, 1.82) is 0 Å². The Bertz CT molecular complexity index is 443. The van der Waals surface area contributed by atoms with E-state index in [4.69, 9.17) is 4.74 Å². The number of hydrogen-bond acceptors (Lipinski definition) is 4. The Labute approximate surface area is 103 Å². The Hall–Kier alpha value is -1.07. The average molecular weight is 257 g/mol. The summed E-state index contributed by atoms with van der Waals surface area (Å²) in [5.74, 6) is 0.944. The number of hydrogen-bond donors (Lipinski definition) is 1. The summed E-state index contributed by atoms with van der Waals surface area (Å²) in [5, 5.41) is 3.05. The Morgan fingerprint density at radius 3 is 2.76 bits per heavy atom. The van der Waals surface area contributed by atoms with E-state index < -0.39 is 9.84 Å². The van der Waals surface area contributed by atoms with E-state index in [1.165, 1.54) is 0 Å². The first-order valence-electron chi connectivity index (χ1n) is 5.64. The van der Waals surface area contributed by atoms with Crippen LogP contribution in [-0.4, -0.2) is 33.6 Å². The van der Waals surface area contributed by atoms with E-state index in [1.54, 1.807) is 6.92 Å². The number of rotatable bonds is 7. The summed E-state index contributed by atoms with van der Waals surface area (Å²) >= 11 is 0. The standard InChI is InChI=1S/C12H19NO3S/c1-3-17(14,15)8-7-16-12-6-4-5-11(9-12)10-13-2/h4-6,9,13H,3,7-8,10H2,1-2H3. The van der Waals surface area contributed by atoms with Gasteiger partial charge in [0.2, 0.25) is 0 Å². The van der Waals surface area contributed by atoms with Crippen LogP contribution in [0.4, 0.5) is 0 Å². The molecule has 0 aromatic heterocycles. The van der Waals surface area contributed by atoms with Crippen LogP contribution in [0.1, 0.15) is 12.5 Å². The maximum atomic E-state index is 11.3. The molecule has 0 saturated carbocycles. The lowest BCUT2D eigenvalue weighted by Gasteiger charge is -2.07. The zero-order chi connectivity index (χ0) is 12.7. The van der Waals surface area contributed by atoms with Crippen molar-refractivity contribution in [2.24, 2.45) is 0 Å². The summed E-state index contributed by atoms with van der Waals surface area (Å²) in [5.41, 5.74) is 1.11. The molecule has 0 heterocycles. The highest BCUT2D eigenvalue weighted by atomic mass is 32.2. The molecule has 0 bridgehead atoms. The highest BCUT2D eigenvalue weighted by Gasteiger charge is 2.07. The molecule has 0 saturated heterocycles. The van der Waals surface area contributed by atoms with E-state index in [-0.39, 0.29) is 18.1 Å². The number of nitrogens with one attached hydrogen (secondary N) is 1. The minimum absolute atomic E-state index is 0.0692. The molecule has 0 radical (unpaired) electrons. The summed E-state index contributed by atoms with van der Waals surface area (Å²) in [7, 11) is -1.07. The molecule has 1 aromatic rings. The molecule has 0 amide bonds. The zero-order valence-corrected chi connectivity index (χ0v) is 11.1. The number of sulfone groups is 1. The Kier molecular flexibility index (Phi) is 5.44. The maximum Gasteiger partial charge on any atom is 0.153 e. The van der Waals surface area contributed by atoms with E-state index in [9.17, 15) is 8.42 Å². The van der Waals surface area contributed by atoms with Gasteiger partial charge in [-0.2, -0.15) is 0 Å². The van der Waals surface area contributed by atoms with E-state index in [0.717, 1.165) is 12.1 Å². The van der Waals surface area contributed by atoms with Crippen molar-refractivity contribution in [3.05, 3.63) is 29.8 Å². The van der Waals surface area contributed by atoms with Crippen LogP contribution in [0.25, 0.3) is 0 Å². The third-order valence-corrected chi connectivity index (χ3v) is 4.05. The molecule has 1 rings (SSSR count). The van der Waals surface area contributed by atoms with Gasteiger partial charge in [0, 0.05) is 12.3 Å². The maximum absolute atomic E-state index is 11.3. The first kappa shape index (κ1) is 14.0. The lowest BCUT2D eigenvalue weighted by atomic mass is 10.2. The zero-order valence-electron chi connectivity index (χ0n) is 10.3. The number of benzene rings is 1. The van der Waals surface area contributed by atoms with Gasteiger partial charge in [-0.15, -0.1) is 0 Å². The monoisotopic (exact) mass is 257 g/mol. The van der Waals surface area contributed by atoms with Gasteiger partial charge in [-0.05, 0) is 24.7 Å². The smallest absolute Gasteiger partial charge is 0.153 e. The SMILES string of the molecule is CCS(=O)(=O)CCOc1cccc(CNC)c1. The van der Waals surface area contributed by atoms with Gasteiger partial charge in [-0.25, -0.2) is 8.42 Å². The van der Waals surface area contributed by atoms with Crippen LogP contribution >= 0.6 is 0 Å². The van der Waals surface area contributed by atoms with Crippen LogP contribution in [0.3, 0.4) is 0 Å². The quantitative estimate of drug-likeness (QED) is 0.798. The van der Waals surface area contributed by atoms with E-state index >= 15 is 0 Å². The Morgan fingerprint density at radius 1 is 1.35 bits per heavy atom. The van der Waals surface area contributed by atoms with Crippen molar-refractivity contribution in [1.82, 2.24) is 5.32 Å². The molecular formula is C12H19NO3S. The van der Waals surface area contributed by atoms with Crippen LogP contribution in [0.5, 0.6) is 5.75 Å². The van der Waals surface area contributed by atoms with Crippen molar-refractivity contribution in [2.45, 2.75) is 13.5 Å². The van der Waals surface area contributed by atoms with Gasteiger partial charge < -0.3 is 10.1 Å². The molecule has 96 valence electrons. The molecule has 0 aliphatic heterocycles. The van der Waals surface area contributed by atoms with E-state index in [1.807, 2.05) is 31.3 Å². The lowest BCUT2D eigenvalue weighted by Crippen LogP contribution is -2.15. The van der Waals surface area contributed by atoms with E-state index in [0.29, 0.717) is 5.75 Å². The van der Waals surface area contributed by atoms with Crippen molar-refractivity contribution in [3.8, 4) is 5.75 Å². The summed E-state index contributed by atoms with van der Waals surface area (Å²) < 4.78 is 28.0. The molecule has 0 fully saturated rings. The number of ether oxygens (including phenoxy) is 1. The van der Waals surface area contributed by atoms with Gasteiger partial charge in [0.1, 0.15) is 12.4 Å². The first-order valence-corrected chi connectivity index (χ1v) is 7.46. The van der Waals surface area contributed by atoms with Gasteiger partial charge in [-0.3, -0.25) is 0 Å². The highest BCUT2D eigenvalue weighted by molar-refractivity contribution is 7.91. The minimum atomic E-state index is -2.95. The Morgan fingerprint density at radius 2 is 2.12 bits per heavy atom. The molecule has 4 nitrogen and oxygen atoms in total. The van der Waals surface area contributed by atoms with Crippen LogP contribution in [-0.2, 0) is 16.4 Å². The van der Waals surface area contributed by atoms with Crippen molar-refractivity contribution in [2.75, 3.05) is 25.2 Å². The summed E-state index contributed by atoms with van der Waals surface area (Å²) in [6.07, 6.45) is 0. The lowest BCUT2D eigenvalue weighted by molar-refractivity contribution is 0.340. The molecule has 0 aliphatic carbocycles. The minimum Gasteiger partial charge on any atom is -0.493 e. The summed E-state index contributed by atoms with van der Waals surface area (Å²) in [6, 6.07) is 7.63. The fourth-order valence-electron chi connectivity index (χ4n) is 1.38. The van der Waals surface area contributed by atoms with E-state index in [2.05, 4.69) is 5.32 Å². The second-order valence-electron chi connectivity index (χ2n) is 3.76. The van der Waals surface area contributed by atoms with Crippen LogP contribution < -0.4 is 10.1 Å². The summed E-state index contributed by atoms with van der Waals surface area (Å²) in [6.45, 7) is 2.62. The average Bonchev–Trinajstić information content (AvgIpc) is 2.30. The first-order chi connectivity index (χ1) is 8.07. The molecule has 1 aromatic carbocycles. The molecule has 0 spiro atoms. The van der Waals surface area contributed by atoms with Gasteiger partial charge in [0.15, 0.2) is 9.84 Å². The molecule has 17 heavy (non-hydrogen) atoms. The van der Waals surface area contributed by atoms with Gasteiger partial charge in [0.05, 0.1) is 5.75 Å². The van der Waals surface area contributed by atoms with Gasteiger partial charge in [-0.1, -0.05) is 19.1 Å². The van der Waals surface area contributed by atoms with Crippen LogP contribution in [0.15, 0.2) is 24.3 Å². The second kappa shape index (κ2) is 6.61. The molecule has 0 unspecified atom stereocenters. The second-order valence-corrected chi connectivity index (χ2v) is 6.24. The summed E-state index contributed by atoms with van der Waals surface area (Å²) in [4.78, 5) is 0. The fourth-order valence-corrected chi connectivity index (χ4v) is 2.01. The van der Waals surface area contributed by atoms with Crippen molar-refractivity contribution >= 4 is 9.84 Å². The molecule has 1 N–H and O–H groups in total. The topological polar surface area (TPSA) is 55.4 Å². The predicted octanol–water partition coefficient (Wildman–Crippen LogP) is 1.22. The molecule has 0 atom stereocenters. The van der Waals surface area contributed by atoms with Gasteiger partial charge >= 0.3 is 0 Å². The van der Waals surface area contributed by atoms with Crippen LogP contribution in [0.2, 0.25) is 0 Å². The largest absolute Gasteiger partial charge is 0.493 e. The predicted molar refractivity (Wildman–Crippen MR) is 69.0 cm³/mol. The fraction of sp³-hybridized carbons (Fsp3) is 0.500. The Balaban J connectivity index is 2.49. The molecular weight excluding hydrogens is 238 g/mol. The normalized spacial score (nSPS) is 11.4.